The minimum atomic E-state index is -4.53. The van der Waals surface area contributed by atoms with Crippen LogP contribution in [0, 0.1) is 0 Å². The van der Waals surface area contributed by atoms with Crippen molar-refractivity contribution in [2.75, 3.05) is 0 Å². The molecule has 2 aromatic heterocycles. The van der Waals surface area contributed by atoms with Gasteiger partial charge in [0.15, 0.2) is 0 Å². The molecule has 0 bridgehead atoms. The van der Waals surface area contributed by atoms with Crippen molar-refractivity contribution in [2.24, 2.45) is 0 Å². The predicted octanol–water partition coefficient (Wildman–Crippen LogP) is 6.51. The highest BCUT2D eigenvalue weighted by Crippen LogP contribution is 2.40. The Morgan fingerprint density at radius 2 is 1.80 bits per heavy atom. The standard InChI is InChI=1S/C22H14F3NO2S2/c23-22(24,25)14-8-9-18-15(11-14)19(27)20(30-18)21(28)26-12-16(17-7-4-10-29-17)13-5-2-1-3-6-13/h1-12,27H,(H,26,28). The first-order valence-electron chi connectivity index (χ1n) is 8.77. The van der Waals surface area contributed by atoms with Crippen molar-refractivity contribution in [3.05, 3.63) is 93.1 Å². The molecule has 0 atom stereocenters. The topological polar surface area (TPSA) is 49.3 Å². The van der Waals surface area contributed by atoms with Crippen LogP contribution in [-0.4, -0.2) is 11.0 Å². The molecule has 0 unspecified atom stereocenters. The summed E-state index contributed by atoms with van der Waals surface area (Å²) in [4.78, 5) is 13.6. The second-order valence-corrected chi connectivity index (χ2v) is 8.36. The van der Waals surface area contributed by atoms with E-state index in [1.54, 1.807) is 6.20 Å². The molecule has 8 heteroatoms. The summed E-state index contributed by atoms with van der Waals surface area (Å²) in [5.74, 6) is -1.04. The van der Waals surface area contributed by atoms with E-state index in [-0.39, 0.29) is 10.3 Å². The van der Waals surface area contributed by atoms with Crippen molar-refractivity contribution in [2.45, 2.75) is 6.18 Å². The zero-order valence-electron chi connectivity index (χ0n) is 15.2. The van der Waals surface area contributed by atoms with E-state index in [0.717, 1.165) is 39.5 Å². The fourth-order valence-corrected chi connectivity index (χ4v) is 4.71. The van der Waals surface area contributed by atoms with Crippen LogP contribution in [0.2, 0.25) is 0 Å². The lowest BCUT2D eigenvalue weighted by molar-refractivity contribution is -0.137. The number of thiophene rings is 2. The maximum Gasteiger partial charge on any atom is 0.416 e. The predicted molar refractivity (Wildman–Crippen MR) is 114 cm³/mol. The Bertz CT molecular complexity index is 1230. The van der Waals surface area contributed by atoms with Crippen molar-refractivity contribution in [3.63, 3.8) is 0 Å². The minimum absolute atomic E-state index is 0.00509. The first-order chi connectivity index (χ1) is 14.3. The van der Waals surface area contributed by atoms with Crippen LogP contribution in [0.1, 0.15) is 25.7 Å². The molecule has 4 rings (SSSR count). The zero-order valence-corrected chi connectivity index (χ0v) is 16.9. The van der Waals surface area contributed by atoms with Crippen LogP contribution in [0.15, 0.2) is 72.2 Å². The lowest BCUT2D eigenvalue weighted by atomic mass is 10.1. The average Bonchev–Trinajstić information content (AvgIpc) is 3.36. The SMILES string of the molecule is O=C(NC=C(c1ccccc1)c1cccs1)c1sc2ccc(C(F)(F)F)cc2c1O. The summed E-state index contributed by atoms with van der Waals surface area (Å²) in [6, 6.07) is 16.3. The first-order valence-corrected chi connectivity index (χ1v) is 10.5. The van der Waals surface area contributed by atoms with Gasteiger partial charge in [-0.15, -0.1) is 22.7 Å². The summed E-state index contributed by atoms with van der Waals surface area (Å²) < 4.78 is 39.3. The van der Waals surface area contributed by atoms with Crippen molar-refractivity contribution in [1.29, 1.82) is 0 Å². The van der Waals surface area contributed by atoms with Gasteiger partial charge in [-0.05, 0) is 35.2 Å². The van der Waals surface area contributed by atoms with Gasteiger partial charge in [0.2, 0.25) is 0 Å². The molecule has 0 aliphatic heterocycles. The summed E-state index contributed by atoms with van der Waals surface area (Å²) >= 11 is 2.45. The van der Waals surface area contributed by atoms with Crippen LogP contribution in [0.25, 0.3) is 15.7 Å². The van der Waals surface area contributed by atoms with Crippen LogP contribution in [0.4, 0.5) is 13.2 Å². The van der Waals surface area contributed by atoms with Crippen LogP contribution in [0.5, 0.6) is 5.75 Å². The van der Waals surface area contributed by atoms with Gasteiger partial charge in [0.1, 0.15) is 10.6 Å². The van der Waals surface area contributed by atoms with Gasteiger partial charge < -0.3 is 10.4 Å². The number of amides is 1. The lowest BCUT2D eigenvalue weighted by Crippen LogP contribution is -2.16. The third-order valence-electron chi connectivity index (χ3n) is 4.41. The van der Waals surface area contributed by atoms with Gasteiger partial charge >= 0.3 is 6.18 Å². The van der Waals surface area contributed by atoms with E-state index in [1.807, 2.05) is 47.8 Å². The second-order valence-electron chi connectivity index (χ2n) is 6.36. The maximum absolute atomic E-state index is 13.0. The van der Waals surface area contributed by atoms with Crippen LogP contribution in [0.3, 0.4) is 0 Å². The molecule has 4 aromatic rings. The molecule has 0 radical (unpaired) electrons. The summed E-state index contributed by atoms with van der Waals surface area (Å²) in [6.07, 6.45) is -2.98. The van der Waals surface area contributed by atoms with E-state index in [1.165, 1.54) is 17.4 Å². The summed E-state index contributed by atoms with van der Waals surface area (Å²) in [6.45, 7) is 0. The van der Waals surface area contributed by atoms with Crippen molar-refractivity contribution >= 4 is 44.2 Å². The van der Waals surface area contributed by atoms with Crippen LogP contribution >= 0.6 is 22.7 Å². The number of aromatic hydroxyl groups is 1. The molecule has 0 fully saturated rings. The Labute approximate surface area is 177 Å². The molecule has 0 saturated heterocycles. The molecule has 0 spiro atoms. The molecule has 152 valence electrons. The molecule has 30 heavy (non-hydrogen) atoms. The number of benzene rings is 2. The van der Waals surface area contributed by atoms with E-state index in [9.17, 15) is 23.1 Å². The fraction of sp³-hybridized carbons (Fsp3) is 0.0455. The number of hydrogen-bond acceptors (Lipinski definition) is 4. The highest BCUT2D eigenvalue weighted by Gasteiger charge is 2.31. The van der Waals surface area contributed by atoms with Gasteiger partial charge in [-0.25, -0.2) is 0 Å². The molecule has 0 aliphatic carbocycles. The van der Waals surface area contributed by atoms with Gasteiger partial charge in [0.25, 0.3) is 5.91 Å². The fourth-order valence-electron chi connectivity index (χ4n) is 2.96. The van der Waals surface area contributed by atoms with E-state index in [2.05, 4.69) is 5.32 Å². The van der Waals surface area contributed by atoms with E-state index >= 15 is 0 Å². The third kappa shape index (κ3) is 3.96. The molecule has 2 aromatic carbocycles. The Morgan fingerprint density at radius 3 is 2.47 bits per heavy atom. The van der Waals surface area contributed by atoms with Crippen molar-refractivity contribution in [1.82, 2.24) is 5.32 Å². The van der Waals surface area contributed by atoms with Gasteiger partial charge in [-0.1, -0.05) is 36.4 Å². The Hall–Kier alpha value is -3.10. The zero-order chi connectivity index (χ0) is 21.3. The third-order valence-corrected chi connectivity index (χ3v) is 6.48. The largest absolute Gasteiger partial charge is 0.506 e. The smallest absolute Gasteiger partial charge is 0.416 e. The maximum atomic E-state index is 13.0. The van der Waals surface area contributed by atoms with E-state index < -0.39 is 23.4 Å². The summed E-state index contributed by atoms with van der Waals surface area (Å²) in [7, 11) is 0. The Morgan fingerprint density at radius 1 is 1.03 bits per heavy atom. The normalized spacial score (nSPS) is 12.3. The number of nitrogens with one attached hydrogen (secondary N) is 1. The highest BCUT2D eigenvalue weighted by atomic mass is 32.1. The Kier molecular flexibility index (Phi) is 5.36. The lowest BCUT2D eigenvalue weighted by Gasteiger charge is -2.07. The van der Waals surface area contributed by atoms with Gasteiger partial charge in [0, 0.05) is 26.7 Å². The molecule has 1 amide bonds. The summed E-state index contributed by atoms with van der Waals surface area (Å²) in [5.41, 5.74) is 0.813. The summed E-state index contributed by atoms with van der Waals surface area (Å²) in [5, 5.41) is 15.0. The number of fused-ring (bicyclic) bond motifs is 1. The molecular weight excluding hydrogens is 431 g/mol. The molecule has 0 saturated carbocycles. The number of hydrogen-bond donors (Lipinski definition) is 2. The van der Waals surface area contributed by atoms with Crippen LogP contribution in [-0.2, 0) is 6.18 Å². The van der Waals surface area contributed by atoms with Gasteiger partial charge in [0.05, 0.1) is 5.56 Å². The average molecular weight is 445 g/mol. The van der Waals surface area contributed by atoms with Gasteiger partial charge in [-0.3, -0.25) is 4.79 Å². The molecule has 2 heterocycles. The molecule has 0 aliphatic rings. The quantitative estimate of drug-likeness (QED) is 0.376. The molecule has 2 N–H and O–H groups in total. The number of carbonyl (C=O) groups is 1. The molecule has 3 nitrogen and oxygen atoms in total. The van der Waals surface area contributed by atoms with Gasteiger partial charge in [-0.2, -0.15) is 13.2 Å². The number of alkyl halides is 3. The van der Waals surface area contributed by atoms with Crippen molar-refractivity contribution < 1.29 is 23.1 Å². The Balaban J connectivity index is 1.67. The molecular formula is C22H14F3NO2S2. The minimum Gasteiger partial charge on any atom is -0.506 e. The number of rotatable bonds is 4. The monoisotopic (exact) mass is 445 g/mol. The first kappa shape index (κ1) is 20.2. The van der Waals surface area contributed by atoms with Crippen molar-refractivity contribution in [3.8, 4) is 5.75 Å². The van der Waals surface area contributed by atoms with Crippen LogP contribution < -0.4 is 5.32 Å². The second kappa shape index (κ2) is 7.97. The highest BCUT2D eigenvalue weighted by molar-refractivity contribution is 7.21. The number of halogens is 3. The van der Waals surface area contributed by atoms with E-state index in [0.29, 0.717) is 4.70 Å². The number of carbonyl (C=O) groups excluding carboxylic acids is 1. The van der Waals surface area contributed by atoms with E-state index in [4.69, 9.17) is 0 Å².